The van der Waals surface area contributed by atoms with Crippen LogP contribution in [0.2, 0.25) is 0 Å². The molecule has 0 bridgehead atoms. The van der Waals surface area contributed by atoms with Crippen molar-refractivity contribution in [3.63, 3.8) is 0 Å². The first-order valence-corrected chi connectivity index (χ1v) is 7.86. The average Bonchev–Trinajstić information content (AvgIpc) is 2.62. The van der Waals surface area contributed by atoms with Gasteiger partial charge in [0.15, 0.2) is 0 Å². The molecule has 2 aromatic carbocycles. The van der Waals surface area contributed by atoms with Crippen LogP contribution in [0.15, 0.2) is 48.5 Å². The molecule has 22 heavy (non-hydrogen) atoms. The molecule has 0 atom stereocenters. The van der Waals surface area contributed by atoms with E-state index in [-0.39, 0.29) is 0 Å². The normalized spacial score (nSPS) is 14.7. The van der Waals surface area contributed by atoms with Gasteiger partial charge in [0.2, 0.25) is 0 Å². The second-order valence-electron chi connectivity index (χ2n) is 5.58. The van der Waals surface area contributed by atoms with Crippen LogP contribution in [-0.4, -0.2) is 40.3 Å². The second kappa shape index (κ2) is 6.71. The van der Waals surface area contributed by atoms with Crippen LogP contribution in [0, 0.1) is 0 Å². The molecular weight excluding hydrogens is 272 g/mol. The molecule has 0 aliphatic carbocycles. The third-order valence-electron chi connectivity index (χ3n) is 4.24. The number of piperazine rings is 1. The molecule has 1 heterocycles. The van der Waals surface area contributed by atoms with Crippen molar-refractivity contribution in [3.05, 3.63) is 48.5 Å². The van der Waals surface area contributed by atoms with Crippen molar-refractivity contribution >= 4 is 22.7 Å². The highest BCUT2D eigenvalue weighted by molar-refractivity contribution is 5.79. The summed E-state index contributed by atoms with van der Waals surface area (Å²) in [5.41, 5.74) is 4.82. The molecule has 4 nitrogen and oxygen atoms in total. The third kappa shape index (κ3) is 3.02. The van der Waals surface area contributed by atoms with Crippen molar-refractivity contribution in [2.45, 2.75) is 0 Å². The molecule has 1 saturated heterocycles. The predicted molar refractivity (Wildman–Crippen MR) is 95.6 cm³/mol. The van der Waals surface area contributed by atoms with Gasteiger partial charge in [0.25, 0.3) is 0 Å². The predicted octanol–water partition coefficient (Wildman–Crippen LogP) is 2.91. The van der Waals surface area contributed by atoms with Crippen LogP contribution in [0.3, 0.4) is 0 Å². The molecule has 0 amide bonds. The van der Waals surface area contributed by atoms with Crippen molar-refractivity contribution in [3.8, 4) is 0 Å². The number of hydrogen-bond acceptors (Lipinski definition) is 4. The van der Waals surface area contributed by atoms with Crippen LogP contribution in [0.5, 0.6) is 0 Å². The molecule has 0 spiro atoms. The lowest BCUT2D eigenvalue weighted by molar-refractivity contribution is 0.589. The van der Waals surface area contributed by atoms with E-state index in [0.29, 0.717) is 0 Å². The van der Waals surface area contributed by atoms with Crippen LogP contribution in [0.25, 0.3) is 0 Å². The number of nitrogens with zero attached hydrogens (tertiary/aromatic N) is 2. The van der Waals surface area contributed by atoms with Gasteiger partial charge in [-0.15, -0.1) is 0 Å². The SMILES string of the molecule is CNc1ccc(N2CCNCC2)cc1N(C)c1ccccc1. The molecule has 4 heteroatoms. The summed E-state index contributed by atoms with van der Waals surface area (Å²) in [7, 11) is 4.09. The summed E-state index contributed by atoms with van der Waals surface area (Å²) in [5.74, 6) is 0. The number of para-hydroxylation sites is 1. The minimum atomic E-state index is 1.05. The van der Waals surface area contributed by atoms with Crippen LogP contribution >= 0.6 is 0 Å². The topological polar surface area (TPSA) is 30.5 Å². The van der Waals surface area contributed by atoms with E-state index in [0.717, 1.165) is 31.9 Å². The van der Waals surface area contributed by atoms with Crippen LogP contribution < -0.4 is 20.4 Å². The zero-order valence-corrected chi connectivity index (χ0v) is 13.3. The highest BCUT2D eigenvalue weighted by atomic mass is 15.2. The van der Waals surface area contributed by atoms with Crippen molar-refractivity contribution in [2.24, 2.45) is 0 Å². The molecule has 2 N–H and O–H groups in total. The van der Waals surface area contributed by atoms with Crippen molar-refractivity contribution < 1.29 is 0 Å². The second-order valence-corrected chi connectivity index (χ2v) is 5.58. The van der Waals surface area contributed by atoms with Gasteiger partial charge < -0.3 is 20.4 Å². The van der Waals surface area contributed by atoms with Gasteiger partial charge in [-0.25, -0.2) is 0 Å². The number of nitrogens with one attached hydrogen (secondary N) is 2. The minimum Gasteiger partial charge on any atom is -0.386 e. The quantitative estimate of drug-likeness (QED) is 0.908. The first kappa shape index (κ1) is 14.7. The molecule has 2 aromatic rings. The summed E-state index contributed by atoms with van der Waals surface area (Å²) in [4.78, 5) is 4.68. The minimum absolute atomic E-state index is 1.05. The van der Waals surface area contributed by atoms with Gasteiger partial charge in [-0.1, -0.05) is 18.2 Å². The van der Waals surface area contributed by atoms with Crippen molar-refractivity contribution in [1.29, 1.82) is 0 Å². The first-order chi connectivity index (χ1) is 10.8. The highest BCUT2D eigenvalue weighted by Crippen LogP contribution is 2.34. The number of hydrogen-bond donors (Lipinski definition) is 2. The van der Waals surface area contributed by atoms with E-state index < -0.39 is 0 Å². The Labute approximate surface area is 132 Å². The van der Waals surface area contributed by atoms with Gasteiger partial charge in [-0.05, 0) is 30.3 Å². The zero-order valence-electron chi connectivity index (χ0n) is 13.3. The number of anilines is 4. The lowest BCUT2D eigenvalue weighted by Gasteiger charge is -2.31. The van der Waals surface area contributed by atoms with E-state index in [2.05, 4.69) is 69.9 Å². The molecule has 0 unspecified atom stereocenters. The summed E-state index contributed by atoms with van der Waals surface area (Å²) >= 11 is 0. The van der Waals surface area contributed by atoms with Gasteiger partial charge in [-0.2, -0.15) is 0 Å². The van der Waals surface area contributed by atoms with Gasteiger partial charge in [0.05, 0.1) is 11.4 Å². The molecular formula is C18H24N4. The van der Waals surface area contributed by atoms with E-state index in [1.165, 1.54) is 17.1 Å². The monoisotopic (exact) mass is 296 g/mol. The lowest BCUT2D eigenvalue weighted by Crippen LogP contribution is -2.43. The summed E-state index contributed by atoms with van der Waals surface area (Å²) in [6.07, 6.45) is 0. The first-order valence-electron chi connectivity index (χ1n) is 7.86. The number of rotatable bonds is 4. The summed E-state index contributed by atoms with van der Waals surface area (Å²) in [6.45, 7) is 4.23. The van der Waals surface area contributed by atoms with E-state index in [1.807, 2.05) is 13.1 Å². The Morgan fingerprint density at radius 3 is 2.45 bits per heavy atom. The Kier molecular flexibility index (Phi) is 4.49. The van der Waals surface area contributed by atoms with Gasteiger partial charge in [0.1, 0.15) is 0 Å². The van der Waals surface area contributed by atoms with E-state index in [9.17, 15) is 0 Å². The Balaban J connectivity index is 1.94. The summed E-state index contributed by atoms with van der Waals surface area (Å²) < 4.78 is 0. The van der Waals surface area contributed by atoms with Gasteiger partial charge in [-0.3, -0.25) is 0 Å². The fraction of sp³-hybridized carbons (Fsp3) is 0.333. The van der Waals surface area contributed by atoms with Gasteiger partial charge >= 0.3 is 0 Å². The Hall–Kier alpha value is -2.20. The smallest absolute Gasteiger partial charge is 0.0664 e. The fourth-order valence-corrected chi connectivity index (χ4v) is 2.92. The summed E-state index contributed by atoms with van der Waals surface area (Å²) in [5, 5.41) is 6.71. The summed E-state index contributed by atoms with van der Waals surface area (Å²) in [6, 6.07) is 17.1. The maximum Gasteiger partial charge on any atom is 0.0664 e. The average molecular weight is 296 g/mol. The Morgan fingerprint density at radius 1 is 1.05 bits per heavy atom. The zero-order chi connectivity index (χ0) is 15.4. The van der Waals surface area contributed by atoms with Crippen LogP contribution in [0.4, 0.5) is 22.7 Å². The van der Waals surface area contributed by atoms with E-state index >= 15 is 0 Å². The Morgan fingerprint density at radius 2 is 1.77 bits per heavy atom. The maximum absolute atomic E-state index is 3.41. The standard InChI is InChI=1S/C18H24N4/c1-19-17-9-8-16(22-12-10-20-11-13-22)14-18(17)21(2)15-6-4-3-5-7-15/h3-9,14,19-20H,10-13H2,1-2H3. The Bertz CT molecular complexity index is 606. The number of benzene rings is 2. The lowest BCUT2D eigenvalue weighted by atomic mass is 10.1. The molecule has 3 rings (SSSR count). The molecule has 0 aromatic heterocycles. The van der Waals surface area contributed by atoms with Gasteiger partial charge in [0, 0.05) is 51.6 Å². The van der Waals surface area contributed by atoms with E-state index in [1.54, 1.807) is 0 Å². The maximum atomic E-state index is 3.41. The highest BCUT2D eigenvalue weighted by Gasteiger charge is 2.14. The third-order valence-corrected chi connectivity index (χ3v) is 4.24. The van der Waals surface area contributed by atoms with Crippen molar-refractivity contribution in [2.75, 3.05) is 55.4 Å². The molecule has 1 aliphatic heterocycles. The molecule has 116 valence electrons. The largest absolute Gasteiger partial charge is 0.386 e. The van der Waals surface area contributed by atoms with Crippen LogP contribution in [0.1, 0.15) is 0 Å². The fourth-order valence-electron chi connectivity index (χ4n) is 2.92. The molecule has 0 saturated carbocycles. The molecule has 1 fully saturated rings. The van der Waals surface area contributed by atoms with Crippen LogP contribution in [-0.2, 0) is 0 Å². The van der Waals surface area contributed by atoms with E-state index in [4.69, 9.17) is 0 Å². The molecule has 0 radical (unpaired) electrons. The van der Waals surface area contributed by atoms with Crippen molar-refractivity contribution in [1.82, 2.24) is 5.32 Å². The molecule has 1 aliphatic rings.